The summed E-state index contributed by atoms with van der Waals surface area (Å²) in [7, 11) is 3.12. The average molecular weight is 1880 g/mol. The van der Waals surface area contributed by atoms with Gasteiger partial charge in [0.2, 0.25) is 0 Å². The topological polar surface area (TPSA) is 294 Å². The molecule has 0 radical (unpaired) electrons. The fourth-order valence-corrected chi connectivity index (χ4v) is 18.1. The molecule has 0 aliphatic carbocycles. The molecule has 670 valence electrons. The van der Waals surface area contributed by atoms with Gasteiger partial charge in [-0.2, -0.15) is 0 Å². The van der Waals surface area contributed by atoms with E-state index in [0.717, 1.165) is 79.7 Å². The smallest absolute Gasteiger partial charge is 0.303 e. The zero-order valence-electron chi connectivity index (χ0n) is 67.2. The van der Waals surface area contributed by atoms with Gasteiger partial charge < -0.3 is 57.3 Å². The molecule has 2 N–H and O–H groups in total. The van der Waals surface area contributed by atoms with Crippen LogP contribution < -0.4 is 9.13 Å². The number of carbonyl (C=O) groups is 8. The number of ether oxygens (including phenoxy) is 10. The van der Waals surface area contributed by atoms with Crippen molar-refractivity contribution in [2.24, 2.45) is 14.1 Å². The van der Waals surface area contributed by atoms with Crippen LogP contribution in [0.15, 0.2) is 103 Å². The van der Waals surface area contributed by atoms with E-state index in [1.54, 1.807) is 14.1 Å². The molecule has 128 heavy (non-hydrogen) atoms. The molecular formula is C84H62F16N6O18S4+2. The second-order valence-electron chi connectivity index (χ2n) is 28.3. The number of hydrogen-bond donors (Lipinski definition) is 2. The summed E-state index contributed by atoms with van der Waals surface area (Å²) in [5.41, 5.74) is -24.7. The number of rotatable bonds is 22. The average Bonchev–Trinajstić information content (AvgIpc) is 1.54. The molecule has 4 aliphatic rings. The van der Waals surface area contributed by atoms with Crippen molar-refractivity contribution in [3.05, 3.63) is 189 Å². The lowest BCUT2D eigenvalue weighted by Gasteiger charge is -2.44. The van der Waals surface area contributed by atoms with E-state index in [1.807, 2.05) is 0 Å². The van der Waals surface area contributed by atoms with Crippen LogP contribution in [0.1, 0.15) is 78.2 Å². The number of esters is 8. The molecule has 2 fully saturated rings. The van der Waals surface area contributed by atoms with Gasteiger partial charge in [-0.1, -0.05) is 47.0 Å². The molecule has 0 unspecified atom stereocenters. The lowest BCUT2D eigenvalue weighted by molar-refractivity contribution is -0.671. The number of hydrogen-bond acceptors (Lipinski definition) is 24. The first-order valence-electron chi connectivity index (χ1n) is 37.4. The van der Waals surface area contributed by atoms with Gasteiger partial charge in [0.1, 0.15) is 50.4 Å². The Morgan fingerprint density at radius 1 is 0.312 bits per heavy atom. The third-order valence-corrected chi connectivity index (χ3v) is 23.9. The highest BCUT2D eigenvalue weighted by Gasteiger charge is 2.55. The number of benzene rings is 4. The molecule has 44 heteroatoms. The third kappa shape index (κ3) is 18.7. The minimum Gasteiger partial charge on any atom is -0.463 e. The van der Waals surface area contributed by atoms with Gasteiger partial charge >= 0.3 is 47.8 Å². The van der Waals surface area contributed by atoms with Crippen LogP contribution in [0.4, 0.5) is 70.2 Å². The summed E-state index contributed by atoms with van der Waals surface area (Å²) >= 11 is -0.315. The van der Waals surface area contributed by atoms with Crippen LogP contribution >= 0.6 is 47.0 Å². The van der Waals surface area contributed by atoms with Crippen LogP contribution in [0.2, 0.25) is 0 Å². The Labute approximate surface area is 728 Å². The maximum absolute atomic E-state index is 18.3. The SMILES string of the molecule is CC(=O)OC[C@H]1O[C@@H](Sc2c(F)c(F)c(-c3c4nc(c(-c5c(F)c(F)c(S[C@@H]6O[C@H](COC(C)=O)[C@@H](OC(C)=O)[C@H](OC(C)=O)[C@H]6OC(C)=O)c(F)c5F)c5ccc([nH]5)c(-c5c(F)c(F)c(Sc6cc[n+](C)cc6)c(F)c5F)c5nc(c(-c6c(F)c(F)c(Sc7cc[n+](C)cc7)c(F)c6F)c6ccc3[nH]6)C=C5)C=C4)c(F)c2F)[C@H](OC(C)=O)[C@@H](OC(C)=O)[C@@H]1OC(C)=O. The summed E-state index contributed by atoms with van der Waals surface area (Å²) in [5, 5.41) is 0. The highest BCUT2D eigenvalue weighted by atomic mass is 32.2. The molecule has 8 bridgehead atoms. The molecule has 24 nitrogen and oxygen atoms in total. The number of nitrogens with zero attached hydrogens (tertiary/aromatic N) is 4. The van der Waals surface area contributed by atoms with E-state index in [0.29, 0.717) is 24.3 Å². The van der Waals surface area contributed by atoms with Gasteiger partial charge in [0, 0.05) is 134 Å². The normalized spacial score (nSPS) is 18.9. The largest absolute Gasteiger partial charge is 0.463 e. The standard InChI is InChI=1S/C84H62F16N6O18S4/c1-29(107)115-27-47-73(117-31(3)109)75(119-33(5)111)77(121-35(7)113)83(123-47)127-81-69(97)61(89)55(62(90)70(81)98)51-43-15-13-41(102-43)49(53-57(85)65(93)79(66(94)58(53)86)125-37-19-23-105(9)24-20-37)39-11-12-40(101-39)50(54-59(87)67(95)80(68(96)60(54)88)126-38-21-25-106(10)26-22-38)42-14-16-44(103-42)52(46-18-17-45(51)104-46)56-63(91)71(99)82(72(100)64(56)92)128-84-78(122-36(8)114)76(120-34(6)112)74(118-32(4)110)48(124-84)28-116-30(2)108/h11-26,47-48,73-78,83-84,102-103H,27-28H2,1-10H3/q+2/t47-,48-,73-,74-,75+,76+,77-,78-,83+,84+/m1/s1. The van der Waals surface area contributed by atoms with Crippen molar-refractivity contribution < 1.29 is 165 Å². The summed E-state index contributed by atoms with van der Waals surface area (Å²) in [6.07, 6.45) is -7.73. The van der Waals surface area contributed by atoms with E-state index in [1.165, 1.54) is 58.2 Å². The molecular weight excluding hydrogens is 1810 g/mol. The number of pyridine rings is 2. The Morgan fingerprint density at radius 3 is 0.773 bits per heavy atom. The maximum atomic E-state index is 18.3. The molecule has 2 saturated heterocycles. The quantitative estimate of drug-likeness (QED) is 0.0209. The Balaban J connectivity index is 1.13. The maximum Gasteiger partial charge on any atom is 0.303 e. The van der Waals surface area contributed by atoms with Crippen LogP contribution in [0, 0.1) is 93.1 Å². The minimum atomic E-state index is -2.49. The van der Waals surface area contributed by atoms with Crippen molar-refractivity contribution in [1.29, 1.82) is 0 Å². The summed E-state index contributed by atoms with van der Waals surface area (Å²) in [6.45, 7) is 4.75. The number of carbonyl (C=O) groups excluding carboxylic acids is 8. The zero-order chi connectivity index (χ0) is 92.9. The van der Waals surface area contributed by atoms with Crippen molar-refractivity contribution in [3.8, 4) is 44.5 Å². The van der Waals surface area contributed by atoms with E-state index < -0.39 is 323 Å². The fourth-order valence-electron chi connectivity index (χ4n) is 14.1. The fraction of sp³-hybridized carbons (Fsp3) is 0.262. The Kier molecular flexibility index (Phi) is 27.7. The highest BCUT2D eigenvalue weighted by Crippen LogP contribution is 2.51. The van der Waals surface area contributed by atoms with E-state index in [9.17, 15) is 38.4 Å². The van der Waals surface area contributed by atoms with E-state index in [2.05, 4.69) is 19.9 Å². The second-order valence-corrected chi connectivity index (χ2v) is 32.7. The highest BCUT2D eigenvalue weighted by molar-refractivity contribution is 8.00. The lowest BCUT2D eigenvalue weighted by atomic mass is 9.99. The summed E-state index contributed by atoms with van der Waals surface area (Å²) < 4.78 is 341. The first kappa shape index (κ1) is 93.4. The van der Waals surface area contributed by atoms with Crippen LogP contribution in [-0.4, -0.2) is 141 Å². The zero-order valence-corrected chi connectivity index (χ0v) is 70.5. The molecule has 5 aromatic heterocycles. The van der Waals surface area contributed by atoms with Crippen LogP contribution in [0.3, 0.4) is 0 Å². The van der Waals surface area contributed by atoms with Crippen molar-refractivity contribution in [1.82, 2.24) is 19.9 Å². The molecule has 0 spiro atoms. The molecule has 10 atom stereocenters. The van der Waals surface area contributed by atoms with Gasteiger partial charge in [-0.05, 0) is 48.6 Å². The molecule has 4 aliphatic heterocycles. The van der Waals surface area contributed by atoms with E-state index in [-0.39, 0.29) is 56.8 Å². The Hall–Kier alpha value is -12.3. The van der Waals surface area contributed by atoms with Gasteiger partial charge in [-0.15, -0.1) is 0 Å². The van der Waals surface area contributed by atoms with Crippen molar-refractivity contribution in [3.63, 3.8) is 0 Å². The minimum absolute atomic E-state index is 0.00354. The Morgan fingerprint density at radius 2 is 0.539 bits per heavy atom. The summed E-state index contributed by atoms with van der Waals surface area (Å²) in [4.78, 5) is 108. The van der Waals surface area contributed by atoms with Crippen LogP contribution in [0.25, 0.3) is 90.9 Å². The number of nitrogens with one attached hydrogen (secondary N) is 2. The van der Waals surface area contributed by atoms with Gasteiger partial charge in [-0.25, -0.2) is 89.3 Å². The molecule has 13 rings (SSSR count). The predicted octanol–water partition coefficient (Wildman–Crippen LogP) is 15.9. The van der Waals surface area contributed by atoms with E-state index >= 15 is 70.2 Å². The van der Waals surface area contributed by atoms with Gasteiger partial charge in [0.15, 0.2) is 154 Å². The van der Waals surface area contributed by atoms with Crippen LogP contribution in [0.5, 0.6) is 0 Å². The van der Waals surface area contributed by atoms with Crippen molar-refractivity contribution in [2.75, 3.05) is 13.2 Å². The number of fused-ring (bicyclic) bond motifs is 8. The molecule has 9 heterocycles. The first-order chi connectivity index (χ1) is 60.5. The second kappa shape index (κ2) is 38.0. The molecule has 4 aromatic carbocycles. The number of aromatic nitrogens is 6. The van der Waals surface area contributed by atoms with Crippen molar-refractivity contribution >= 4 is 141 Å². The molecule has 0 amide bonds. The summed E-state index contributed by atoms with van der Waals surface area (Å²) in [6, 6.07) is 8.04. The van der Waals surface area contributed by atoms with Gasteiger partial charge in [0.05, 0.1) is 64.6 Å². The first-order valence-corrected chi connectivity index (χ1v) is 40.7. The molecule has 0 saturated carbocycles. The lowest BCUT2D eigenvalue weighted by Crippen LogP contribution is -2.61. The van der Waals surface area contributed by atoms with Gasteiger partial charge in [-0.3, -0.25) is 38.4 Å². The summed E-state index contributed by atoms with van der Waals surface area (Å²) in [5.74, 6) is -46.5. The number of aryl methyl sites for hydroxylation is 2. The number of thioether (sulfide) groups is 2. The van der Waals surface area contributed by atoms with E-state index in [4.69, 9.17) is 47.4 Å². The molecule has 9 aromatic rings. The van der Waals surface area contributed by atoms with Gasteiger partial charge in [0.25, 0.3) is 0 Å². The monoisotopic (exact) mass is 1870 g/mol. The Bertz CT molecular complexity index is 5900. The van der Waals surface area contributed by atoms with Crippen molar-refractivity contribution in [2.45, 2.75) is 144 Å². The third-order valence-electron chi connectivity index (χ3n) is 19.3. The predicted molar refractivity (Wildman–Crippen MR) is 419 cm³/mol. The number of aromatic amines is 2. The number of halogens is 16. The van der Waals surface area contributed by atoms with Crippen LogP contribution in [-0.2, 0) is 99.8 Å². The number of H-pyrrole nitrogens is 2.